The van der Waals surface area contributed by atoms with Crippen molar-refractivity contribution in [1.29, 1.82) is 0 Å². The summed E-state index contributed by atoms with van der Waals surface area (Å²) >= 11 is 0. The number of hydrogen-bond acceptors (Lipinski definition) is 2. The first-order valence-electron chi connectivity index (χ1n) is 7.74. The topological polar surface area (TPSA) is 32.3 Å². The summed E-state index contributed by atoms with van der Waals surface area (Å²) < 4.78 is 0. The summed E-state index contributed by atoms with van der Waals surface area (Å²) in [6, 6.07) is 10.6. The first-order chi connectivity index (χ1) is 9.69. The van der Waals surface area contributed by atoms with Gasteiger partial charge >= 0.3 is 0 Å². The Labute approximate surface area is 133 Å². The van der Waals surface area contributed by atoms with E-state index in [2.05, 4.69) is 47.5 Å². The molecular formula is C17H25ClN2O. The van der Waals surface area contributed by atoms with Gasteiger partial charge in [0.05, 0.1) is 5.41 Å². The van der Waals surface area contributed by atoms with E-state index in [-0.39, 0.29) is 17.8 Å². The van der Waals surface area contributed by atoms with Gasteiger partial charge in [0.25, 0.3) is 0 Å². The fourth-order valence-corrected chi connectivity index (χ4v) is 3.56. The van der Waals surface area contributed by atoms with Crippen LogP contribution in [0, 0.1) is 5.41 Å². The van der Waals surface area contributed by atoms with Crippen molar-refractivity contribution in [3.05, 3.63) is 35.9 Å². The molecule has 2 aliphatic rings. The largest absolute Gasteiger partial charge is 0.342 e. The highest BCUT2D eigenvalue weighted by Crippen LogP contribution is 2.33. The van der Waals surface area contributed by atoms with Crippen LogP contribution in [0.3, 0.4) is 0 Å². The first kappa shape index (κ1) is 16.3. The van der Waals surface area contributed by atoms with Crippen LogP contribution in [0.25, 0.3) is 0 Å². The lowest BCUT2D eigenvalue weighted by atomic mass is 9.81. The molecule has 0 bridgehead atoms. The molecular weight excluding hydrogens is 284 g/mol. The highest BCUT2D eigenvalue weighted by atomic mass is 35.5. The summed E-state index contributed by atoms with van der Waals surface area (Å²) in [5.74, 6) is 0.864. The lowest BCUT2D eigenvalue weighted by Crippen LogP contribution is -2.49. The summed E-state index contributed by atoms with van der Waals surface area (Å²) in [7, 11) is 0. The van der Waals surface area contributed by atoms with Crippen molar-refractivity contribution in [3.8, 4) is 0 Å². The van der Waals surface area contributed by atoms with Gasteiger partial charge < -0.3 is 10.2 Å². The Kier molecular flexibility index (Phi) is 5.28. The van der Waals surface area contributed by atoms with Crippen LogP contribution in [0.1, 0.15) is 37.7 Å². The summed E-state index contributed by atoms with van der Waals surface area (Å²) in [6.45, 7) is 5.80. The molecule has 4 heteroatoms. The zero-order valence-corrected chi connectivity index (χ0v) is 13.5. The van der Waals surface area contributed by atoms with Gasteiger partial charge in [0.15, 0.2) is 0 Å². The molecule has 2 heterocycles. The van der Waals surface area contributed by atoms with Crippen molar-refractivity contribution in [2.75, 3.05) is 26.2 Å². The molecule has 21 heavy (non-hydrogen) atoms. The zero-order valence-electron chi connectivity index (χ0n) is 12.7. The van der Waals surface area contributed by atoms with Crippen molar-refractivity contribution in [1.82, 2.24) is 10.2 Å². The predicted molar refractivity (Wildman–Crippen MR) is 87.8 cm³/mol. The van der Waals surface area contributed by atoms with Crippen LogP contribution in [0.4, 0.5) is 0 Å². The minimum atomic E-state index is -0.191. The number of carbonyl (C=O) groups is 1. The molecule has 2 fully saturated rings. The molecule has 0 radical (unpaired) electrons. The van der Waals surface area contributed by atoms with Gasteiger partial charge in [0, 0.05) is 25.6 Å². The van der Waals surface area contributed by atoms with Crippen LogP contribution in [0.5, 0.6) is 0 Å². The van der Waals surface area contributed by atoms with Crippen LogP contribution < -0.4 is 5.32 Å². The Morgan fingerprint density at radius 1 is 1.33 bits per heavy atom. The molecule has 2 aliphatic heterocycles. The number of benzene rings is 1. The molecule has 0 spiro atoms. The third kappa shape index (κ3) is 3.41. The van der Waals surface area contributed by atoms with Crippen LogP contribution in [0.15, 0.2) is 30.3 Å². The SMILES string of the molecule is CC1(C(=O)N2CCC(c3ccccc3)C2)CCCNC1.Cl. The quantitative estimate of drug-likeness (QED) is 0.911. The van der Waals surface area contributed by atoms with E-state index in [1.807, 2.05) is 0 Å². The van der Waals surface area contributed by atoms with Crippen LogP contribution in [0.2, 0.25) is 0 Å². The Morgan fingerprint density at radius 2 is 2.10 bits per heavy atom. The van der Waals surface area contributed by atoms with Crippen LogP contribution in [-0.4, -0.2) is 37.0 Å². The molecule has 116 valence electrons. The maximum atomic E-state index is 12.8. The van der Waals surface area contributed by atoms with E-state index in [0.717, 1.165) is 45.4 Å². The molecule has 1 aromatic carbocycles. The van der Waals surface area contributed by atoms with Gasteiger partial charge in [-0.2, -0.15) is 0 Å². The first-order valence-corrected chi connectivity index (χ1v) is 7.74. The van der Waals surface area contributed by atoms with Gasteiger partial charge in [0.2, 0.25) is 5.91 Å². The Bertz CT molecular complexity index is 471. The average Bonchev–Trinajstić information content (AvgIpc) is 2.98. The average molecular weight is 309 g/mol. The van der Waals surface area contributed by atoms with Crippen molar-refractivity contribution < 1.29 is 4.79 Å². The van der Waals surface area contributed by atoms with Gasteiger partial charge in [0.1, 0.15) is 0 Å². The number of amides is 1. The summed E-state index contributed by atoms with van der Waals surface area (Å²) in [6.07, 6.45) is 3.22. The number of carbonyl (C=O) groups excluding carboxylic acids is 1. The fourth-order valence-electron chi connectivity index (χ4n) is 3.56. The second-order valence-electron chi connectivity index (χ2n) is 6.49. The van der Waals surface area contributed by atoms with Gasteiger partial charge in [-0.15, -0.1) is 12.4 Å². The number of nitrogens with zero attached hydrogens (tertiary/aromatic N) is 1. The van der Waals surface area contributed by atoms with Gasteiger partial charge in [-0.1, -0.05) is 30.3 Å². The minimum absolute atomic E-state index is 0. The number of likely N-dealkylation sites (tertiary alicyclic amines) is 1. The molecule has 3 rings (SSSR count). The number of hydrogen-bond donors (Lipinski definition) is 1. The smallest absolute Gasteiger partial charge is 0.229 e. The molecule has 1 amide bonds. The third-order valence-electron chi connectivity index (χ3n) is 4.86. The summed E-state index contributed by atoms with van der Waals surface area (Å²) in [5.41, 5.74) is 1.18. The van der Waals surface area contributed by atoms with Crippen LogP contribution in [-0.2, 0) is 4.79 Å². The highest BCUT2D eigenvalue weighted by Gasteiger charge is 2.40. The molecule has 3 nitrogen and oxygen atoms in total. The molecule has 2 atom stereocenters. The maximum absolute atomic E-state index is 12.8. The van der Waals surface area contributed by atoms with Crippen molar-refractivity contribution in [2.45, 2.75) is 32.1 Å². The van der Waals surface area contributed by atoms with Crippen LogP contribution >= 0.6 is 12.4 Å². The third-order valence-corrected chi connectivity index (χ3v) is 4.86. The lowest BCUT2D eigenvalue weighted by Gasteiger charge is -2.36. The number of halogens is 1. The molecule has 0 aliphatic carbocycles. The van der Waals surface area contributed by atoms with E-state index < -0.39 is 0 Å². The van der Waals surface area contributed by atoms with Gasteiger partial charge in [-0.25, -0.2) is 0 Å². The van der Waals surface area contributed by atoms with E-state index >= 15 is 0 Å². The van der Waals surface area contributed by atoms with Crippen molar-refractivity contribution in [2.24, 2.45) is 5.41 Å². The molecule has 1 N–H and O–H groups in total. The van der Waals surface area contributed by atoms with Crippen molar-refractivity contribution in [3.63, 3.8) is 0 Å². The standard InChI is InChI=1S/C17H24N2O.ClH/c1-17(9-5-10-18-13-17)16(20)19-11-8-15(12-19)14-6-3-2-4-7-14;/h2-4,6-7,15,18H,5,8-13H2,1H3;1H. The normalized spacial score (nSPS) is 29.0. The van der Waals surface area contributed by atoms with E-state index in [1.54, 1.807) is 0 Å². The second-order valence-corrected chi connectivity index (χ2v) is 6.49. The second kappa shape index (κ2) is 6.80. The number of rotatable bonds is 2. The van der Waals surface area contributed by atoms with Crippen molar-refractivity contribution >= 4 is 18.3 Å². The Balaban J connectivity index is 0.00000161. The predicted octanol–water partition coefficient (Wildman–Crippen LogP) is 2.81. The molecule has 2 unspecified atom stereocenters. The monoisotopic (exact) mass is 308 g/mol. The van der Waals surface area contributed by atoms with Gasteiger partial charge in [-0.3, -0.25) is 4.79 Å². The minimum Gasteiger partial charge on any atom is -0.342 e. The van der Waals surface area contributed by atoms with E-state index in [9.17, 15) is 4.79 Å². The highest BCUT2D eigenvalue weighted by molar-refractivity contribution is 5.85. The molecule has 0 aromatic heterocycles. The number of piperidine rings is 1. The summed E-state index contributed by atoms with van der Waals surface area (Å²) in [5, 5.41) is 3.38. The van der Waals surface area contributed by atoms with E-state index in [4.69, 9.17) is 0 Å². The lowest BCUT2D eigenvalue weighted by molar-refractivity contribution is -0.141. The fraction of sp³-hybridized carbons (Fsp3) is 0.588. The molecule has 1 aromatic rings. The summed E-state index contributed by atoms with van der Waals surface area (Å²) in [4.78, 5) is 14.9. The molecule has 0 saturated carbocycles. The maximum Gasteiger partial charge on any atom is 0.229 e. The van der Waals surface area contributed by atoms with Gasteiger partial charge in [-0.05, 0) is 38.3 Å². The number of nitrogens with one attached hydrogen (secondary N) is 1. The zero-order chi connectivity index (χ0) is 14.0. The Morgan fingerprint density at radius 3 is 2.76 bits per heavy atom. The molecule has 2 saturated heterocycles. The Hall–Kier alpha value is -1.06. The van der Waals surface area contributed by atoms with E-state index in [0.29, 0.717) is 11.8 Å². The van der Waals surface area contributed by atoms with E-state index in [1.165, 1.54) is 5.56 Å².